The van der Waals surface area contributed by atoms with Gasteiger partial charge in [-0.05, 0) is 59.7 Å². The highest BCUT2D eigenvalue weighted by Gasteiger charge is 2.24. The van der Waals surface area contributed by atoms with Crippen molar-refractivity contribution in [1.82, 2.24) is 19.5 Å². The summed E-state index contributed by atoms with van der Waals surface area (Å²) in [5.74, 6) is 0.701. The van der Waals surface area contributed by atoms with Crippen LogP contribution in [-0.4, -0.2) is 19.5 Å². The quantitative estimate of drug-likeness (QED) is 0.172. The van der Waals surface area contributed by atoms with Crippen LogP contribution in [0.4, 0.5) is 0 Å². The lowest BCUT2D eigenvalue weighted by Gasteiger charge is -2.12. The summed E-state index contributed by atoms with van der Waals surface area (Å²) in [4.78, 5) is 15.3. The molecule has 0 bridgehead atoms. The van der Waals surface area contributed by atoms with Crippen molar-refractivity contribution in [3.8, 4) is 62.0 Å². The number of aromatic nitrogens is 4. The lowest BCUT2D eigenvalue weighted by molar-refractivity contribution is 0.676. The Hall–Kier alpha value is -7.63. The first-order valence-corrected chi connectivity index (χ1v) is 18.8. The molecule has 0 saturated heterocycles. The maximum atomic E-state index is 6.89. The summed E-state index contributed by atoms with van der Waals surface area (Å²) < 4.78 is 9.22. The van der Waals surface area contributed by atoms with Crippen molar-refractivity contribution in [2.24, 2.45) is 0 Å². The molecule has 0 amide bonds. The van der Waals surface area contributed by atoms with Crippen LogP contribution in [0.5, 0.6) is 0 Å². The minimum atomic E-state index is 0.701. The zero-order valence-corrected chi connectivity index (χ0v) is 30.2. The predicted molar refractivity (Wildman–Crippen MR) is 229 cm³/mol. The summed E-state index contributed by atoms with van der Waals surface area (Å²) in [5.41, 5.74) is 14.8. The van der Waals surface area contributed by atoms with Gasteiger partial charge in [0.15, 0.2) is 11.4 Å². The number of nitrogens with zero attached hydrogens (tertiary/aromatic N) is 4. The van der Waals surface area contributed by atoms with E-state index in [-0.39, 0.29) is 0 Å². The molecule has 56 heavy (non-hydrogen) atoms. The zero-order chi connectivity index (χ0) is 37.0. The van der Waals surface area contributed by atoms with Crippen molar-refractivity contribution < 1.29 is 4.42 Å². The number of rotatable bonds is 6. The molecule has 0 fully saturated rings. The average Bonchev–Trinajstić information content (AvgIpc) is 3.83. The minimum absolute atomic E-state index is 0.701. The van der Waals surface area contributed by atoms with E-state index < -0.39 is 0 Å². The van der Waals surface area contributed by atoms with Gasteiger partial charge in [-0.1, -0.05) is 146 Å². The van der Waals surface area contributed by atoms with Gasteiger partial charge in [-0.3, -0.25) is 0 Å². The Labute approximate surface area is 322 Å². The Morgan fingerprint density at radius 3 is 1.73 bits per heavy atom. The molecule has 0 saturated carbocycles. The van der Waals surface area contributed by atoms with Crippen LogP contribution in [0.15, 0.2) is 199 Å². The first-order chi connectivity index (χ1) is 27.8. The van der Waals surface area contributed by atoms with Gasteiger partial charge in [0.1, 0.15) is 11.1 Å². The van der Waals surface area contributed by atoms with Crippen molar-refractivity contribution in [3.63, 3.8) is 0 Å². The van der Waals surface area contributed by atoms with Gasteiger partial charge in [0.25, 0.3) is 0 Å². The molecule has 0 aliphatic carbocycles. The van der Waals surface area contributed by atoms with Crippen molar-refractivity contribution >= 4 is 43.9 Å². The molecule has 11 rings (SSSR count). The van der Waals surface area contributed by atoms with Crippen molar-refractivity contribution in [3.05, 3.63) is 194 Å². The van der Waals surface area contributed by atoms with Gasteiger partial charge in [-0.25, -0.2) is 15.0 Å². The SMILES string of the molecule is c1ccc(-c2cc(-c3cccc(-c4ccc(-n5c6ccccc6c6oc7c8ccccc8nc(-c8ccccc8)c7c65)cc4)c3)nc(-c3ccccc3)n2)cc1. The molecule has 0 unspecified atom stereocenters. The van der Waals surface area contributed by atoms with Crippen molar-refractivity contribution in [2.75, 3.05) is 0 Å². The molecule has 5 heteroatoms. The molecule has 0 N–H and O–H groups in total. The van der Waals surface area contributed by atoms with Crippen LogP contribution in [0.1, 0.15) is 0 Å². The molecule has 0 spiro atoms. The fourth-order valence-electron chi connectivity index (χ4n) is 7.95. The molecule has 262 valence electrons. The predicted octanol–water partition coefficient (Wildman–Crippen LogP) is 13.2. The highest BCUT2D eigenvalue weighted by Crippen LogP contribution is 2.44. The Morgan fingerprint density at radius 2 is 0.982 bits per heavy atom. The molecule has 4 aromatic heterocycles. The van der Waals surface area contributed by atoms with Crippen LogP contribution in [0.3, 0.4) is 0 Å². The number of para-hydroxylation sites is 2. The van der Waals surface area contributed by atoms with Crippen molar-refractivity contribution in [1.29, 1.82) is 0 Å². The topological polar surface area (TPSA) is 56.7 Å². The Kier molecular flexibility index (Phi) is 7.42. The summed E-state index contributed by atoms with van der Waals surface area (Å²) in [6, 6.07) is 67.1. The minimum Gasteiger partial charge on any atom is -0.453 e. The van der Waals surface area contributed by atoms with Crippen LogP contribution in [0.2, 0.25) is 0 Å². The van der Waals surface area contributed by atoms with Gasteiger partial charge < -0.3 is 8.98 Å². The highest BCUT2D eigenvalue weighted by molar-refractivity contribution is 6.24. The number of pyridine rings is 1. The van der Waals surface area contributed by atoms with Gasteiger partial charge >= 0.3 is 0 Å². The summed E-state index contributed by atoms with van der Waals surface area (Å²) in [5, 5.41) is 3.07. The van der Waals surface area contributed by atoms with Gasteiger partial charge in [-0.15, -0.1) is 0 Å². The number of hydrogen-bond donors (Lipinski definition) is 0. The molecule has 4 heterocycles. The zero-order valence-electron chi connectivity index (χ0n) is 30.2. The lowest BCUT2D eigenvalue weighted by atomic mass is 10.00. The molecular weight excluding hydrogens is 685 g/mol. The molecule has 0 aliphatic heterocycles. The normalized spacial score (nSPS) is 11.6. The number of fused-ring (bicyclic) bond motifs is 7. The maximum absolute atomic E-state index is 6.89. The molecule has 0 aliphatic rings. The number of benzene rings is 7. The van der Waals surface area contributed by atoms with E-state index in [2.05, 4.69) is 144 Å². The van der Waals surface area contributed by atoms with E-state index in [0.29, 0.717) is 5.82 Å². The van der Waals surface area contributed by atoms with E-state index in [0.717, 1.165) is 100 Å². The van der Waals surface area contributed by atoms with Crippen molar-refractivity contribution in [2.45, 2.75) is 0 Å². The summed E-state index contributed by atoms with van der Waals surface area (Å²) in [6.45, 7) is 0. The molecule has 5 nitrogen and oxygen atoms in total. The van der Waals surface area contributed by atoms with Crippen LogP contribution in [-0.2, 0) is 0 Å². The van der Waals surface area contributed by atoms with Gasteiger partial charge in [0, 0.05) is 38.7 Å². The monoisotopic (exact) mass is 716 g/mol. The average molecular weight is 717 g/mol. The summed E-state index contributed by atoms with van der Waals surface area (Å²) in [7, 11) is 0. The Bertz CT molecular complexity index is 3160. The second-order valence-electron chi connectivity index (χ2n) is 14.0. The van der Waals surface area contributed by atoms with E-state index >= 15 is 0 Å². The molecular formula is C51H32N4O. The van der Waals surface area contributed by atoms with Gasteiger partial charge in [0.05, 0.1) is 33.5 Å². The lowest BCUT2D eigenvalue weighted by Crippen LogP contribution is -1.96. The second-order valence-corrected chi connectivity index (χ2v) is 14.0. The fraction of sp³-hybridized carbons (Fsp3) is 0. The molecule has 0 radical (unpaired) electrons. The standard InChI is InChI=1S/C51H32N4O/c1-4-15-34(16-5-1)43-32-44(54-51(53-43)36-19-8-3-9-20-36)38-22-14-21-37(31-38)33-27-29-39(30-28-33)55-45-26-13-11-24-41(45)50-48(55)46-47(35-17-6-2-7-18-35)52-42-25-12-10-23-40(42)49(46)56-50/h1-32H. The van der Waals surface area contributed by atoms with Gasteiger partial charge in [0.2, 0.25) is 0 Å². The molecule has 11 aromatic rings. The second kappa shape index (κ2) is 13.0. The largest absolute Gasteiger partial charge is 0.453 e. The third-order valence-electron chi connectivity index (χ3n) is 10.6. The summed E-state index contributed by atoms with van der Waals surface area (Å²) in [6.07, 6.45) is 0. The first-order valence-electron chi connectivity index (χ1n) is 18.8. The van der Waals surface area contributed by atoms with E-state index in [1.807, 2.05) is 54.6 Å². The Balaban J connectivity index is 1.05. The van der Waals surface area contributed by atoms with E-state index in [9.17, 15) is 0 Å². The fourth-order valence-corrected chi connectivity index (χ4v) is 7.95. The van der Waals surface area contributed by atoms with Crippen LogP contribution in [0.25, 0.3) is 106 Å². The third kappa shape index (κ3) is 5.29. The number of furan rings is 1. The third-order valence-corrected chi connectivity index (χ3v) is 10.6. The van der Waals surface area contributed by atoms with E-state index in [1.165, 1.54) is 0 Å². The van der Waals surface area contributed by atoms with E-state index in [1.54, 1.807) is 0 Å². The van der Waals surface area contributed by atoms with Crippen LogP contribution in [0, 0.1) is 0 Å². The van der Waals surface area contributed by atoms with Crippen LogP contribution >= 0.6 is 0 Å². The van der Waals surface area contributed by atoms with Gasteiger partial charge in [-0.2, -0.15) is 0 Å². The summed E-state index contributed by atoms with van der Waals surface area (Å²) >= 11 is 0. The highest BCUT2D eigenvalue weighted by atomic mass is 16.3. The number of hydrogen-bond acceptors (Lipinski definition) is 4. The molecule has 7 aromatic carbocycles. The Morgan fingerprint density at radius 1 is 0.393 bits per heavy atom. The smallest absolute Gasteiger partial charge is 0.161 e. The first kappa shape index (κ1) is 31.9. The van der Waals surface area contributed by atoms with Crippen LogP contribution < -0.4 is 0 Å². The van der Waals surface area contributed by atoms with E-state index in [4.69, 9.17) is 19.4 Å². The molecule has 0 atom stereocenters. The maximum Gasteiger partial charge on any atom is 0.161 e.